The van der Waals surface area contributed by atoms with Crippen molar-refractivity contribution in [3.05, 3.63) is 32.6 Å². The number of hydrogen-bond donors (Lipinski definition) is 3. The van der Waals surface area contributed by atoms with E-state index in [-0.39, 0.29) is 17.5 Å². The van der Waals surface area contributed by atoms with E-state index in [9.17, 15) is 14.4 Å². The third-order valence-electron chi connectivity index (χ3n) is 3.76. The van der Waals surface area contributed by atoms with Gasteiger partial charge in [0.1, 0.15) is 5.56 Å². The number of H-pyrrole nitrogens is 2. The molecule has 3 N–H and O–H groups in total. The van der Waals surface area contributed by atoms with Crippen molar-refractivity contribution >= 4 is 5.91 Å². The fourth-order valence-electron chi connectivity index (χ4n) is 2.82. The first kappa shape index (κ1) is 11.2. The van der Waals surface area contributed by atoms with Crippen LogP contribution in [0.25, 0.3) is 0 Å². The summed E-state index contributed by atoms with van der Waals surface area (Å²) in [6.45, 7) is 2.38. The zero-order valence-corrected chi connectivity index (χ0v) is 9.73. The maximum Gasteiger partial charge on any atom is 0.325 e. The van der Waals surface area contributed by atoms with Gasteiger partial charge in [-0.2, -0.15) is 0 Å². The number of hydrogen-bond acceptors (Lipinski definition) is 4. The monoisotopic (exact) mass is 250 g/mol. The Balaban J connectivity index is 1.91. The van der Waals surface area contributed by atoms with E-state index < -0.39 is 11.2 Å². The molecule has 0 aliphatic carbocycles. The van der Waals surface area contributed by atoms with E-state index >= 15 is 0 Å². The standard InChI is InChI=1S/C11H14N4O3/c16-9-7(4-13-11(18)14-9)10(17)15-2-1-6-3-12-5-8(6)15/h4,6,8,12H,1-3,5H2,(H2,13,14,16,18)/t6-,8+/m1/s1. The van der Waals surface area contributed by atoms with Crippen LogP contribution in [0.4, 0.5) is 0 Å². The molecular formula is C11H14N4O3. The molecule has 0 spiro atoms. The van der Waals surface area contributed by atoms with Crippen LogP contribution in [0.1, 0.15) is 16.8 Å². The smallest absolute Gasteiger partial charge is 0.325 e. The van der Waals surface area contributed by atoms with E-state index in [2.05, 4.69) is 15.3 Å². The van der Waals surface area contributed by atoms with Gasteiger partial charge in [0, 0.05) is 31.9 Å². The Labute approximate surface area is 102 Å². The summed E-state index contributed by atoms with van der Waals surface area (Å²) in [6.07, 6.45) is 2.16. The summed E-state index contributed by atoms with van der Waals surface area (Å²) >= 11 is 0. The molecule has 2 aliphatic heterocycles. The van der Waals surface area contributed by atoms with Gasteiger partial charge in [0.15, 0.2) is 0 Å². The van der Waals surface area contributed by atoms with Crippen LogP contribution < -0.4 is 16.6 Å². The average molecular weight is 250 g/mol. The average Bonchev–Trinajstić information content (AvgIpc) is 2.89. The van der Waals surface area contributed by atoms with Gasteiger partial charge in [-0.1, -0.05) is 0 Å². The topological polar surface area (TPSA) is 98.1 Å². The number of carbonyl (C=O) groups is 1. The van der Waals surface area contributed by atoms with Crippen LogP contribution in [-0.4, -0.2) is 46.5 Å². The van der Waals surface area contributed by atoms with Crippen molar-refractivity contribution in [2.24, 2.45) is 5.92 Å². The third-order valence-corrected chi connectivity index (χ3v) is 3.76. The van der Waals surface area contributed by atoms with E-state index in [4.69, 9.17) is 0 Å². The van der Waals surface area contributed by atoms with Gasteiger partial charge < -0.3 is 15.2 Å². The molecular weight excluding hydrogens is 236 g/mol. The summed E-state index contributed by atoms with van der Waals surface area (Å²) < 4.78 is 0. The normalized spacial score (nSPS) is 26.3. The van der Waals surface area contributed by atoms with E-state index in [0.717, 1.165) is 19.5 Å². The Morgan fingerprint density at radius 3 is 2.94 bits per heavy atom. The molecule has 1 aromatic rings. The van der Waals surface area contributed by atoms with Crippen LogP contribution in [0, 0.1) is 5.92 Å². The van der Waals surface area contributed by atoms with Crippen LogP contribution in [0.2, 0.25) is 0 Å². The summed E-state index contributed by atoms with van der Waals surface area (Å²) in [7, 11) is 0. The molecule has 1 aromatic heterocycles. The first-order valence-corrected chi connectivity index (χ1v) is 6.00. The molecule has 0 radical (unpaired) electrons. The molecule has 2 fully saturated rings. The third kappa shape index (κ3) is 1.67. The number of likely N-dealkylation sites (tertiary alicyclic amines) is 1. The van der Waals surface area contributed by atoms with Gasteiger partial charge in [-0.3, -0.25) is 14.6 Å². The van der Waals surface area contributed by atoms with E-state index in [1.54, 1.807) is 4.90 Å². The van der Waals surface area contributed by atoms with Gasteiger partial charge in [-0.05, 0) is 12.3 Å². The molecule has 7 heteroatoms. The van der Waals surface area contributed by atoms with Gasteiger partial charge in [0.05, 0.1) is 0 Å². The number of aromatic amines is 2. The second-order valence-electron chi connectivity index (χ2n) is 4.76. The Bertz CT molecular complexity index is 590. The summed E-state index contributed by atoms with van der Waals surface area (Å²) in [6, 6.07) is 0.170. The number of fused-ring (bicyclic) bond motifs is 1. The Morgan fingerprint density at radius 1 is 1.33 bits per heavy atom. The second-order valence-corrected chi connectivity index (χ2v) is 4.76. The van der Waals surface area contributed by atoms with Crippen molar-refractivity contribution in [3.8, 4) is 0 Å². The lowest BCUT2D eigenvalue weighted by molar-refractivity contribution is 0.0734. The van der Waals surface area contributed by atoms with Gasteiger partial charge in [0.2, 0.25) is 0 Å². The molecule has 1 amide bonds. The Hall–Kier alpha value is -1.89. The highest BCUT2D eigenvalue weighted by Crippen LogP contribution is 2.27. The minimum absolute atomic E-state index is 0.00199. The molecule has 18 heavy (non-hydrogen) atoms. The van der Waals surface area contributed by atoms with Crippen molar-refractivity contribution in [3.63, 3.8) is 0 Å². The molecule has 2 aliphatic rings. The first-order chi connectivity index (χ1) is 8.66. The predicted molar refractivity (Wildman–Crippen MR) is 63.5 cm³/mol. The molecule has 96 valence electrons. The number of carbonyl (C=O) groups excluding carboxylic acids is 1. The summed E-state index contributed by atoms with van der Waals surface area (Å²) in [5, 5.41) is 3.25. The maximum absolute atomic E-state index is 12.3. The quantitative estimate of drug-likeness (QED) is 0.565. The van der Waals surface area contributed by atoms with Crippen LogP contribution in [0.5, 0.6) is 0 Å². The molecule has 0 saturated carbocycles. The van der Waals surface area contributed by atoms with Crippen LogP contribution >= 0.6 is 0 Å². The van der Waals surface area contributed by atoms with Crippen LogP contribution in [0.15, 0.2) is 15.8 Å². The number of rotatable bonds is 1. The molecule has 3 rings (SSSR count). The van der Waals surface area contributed by atoms with Gasteiger partial charge in [-0.15, -0.1) is 0 Å². The summed E-state index contributed by atoms with van der Waals surface area (Å²) in [4.78, 5) is 40.9. The zero-order valence-electron chi connectivity index (χ0n) is 9.73. The predicted octanol–water partition coefficient (Wildman–Crippen LogP) is -1.50. The molecule has 7 nitrogen and oxygen atoms in total. The summed E-state index contributed by atoms with van der Waals surface area (Å²) in [5.41, 5.74) is -1.22. The minimum atomic E-state index is -0.627. The summed E-state index contributed by atoms with van der Waals surface area (Å²) in [5.74, 6) is 0.180. The largest absolute Gasteiger partial charge is 0.334 e. The SMILES string of the molecule is O=C(c1c[nH]c(=O)[nH]c1=O)N1CC[C@@H]2CNC[C@@H]21. The molecule has 0 unspecified atom stereocenters. The zero-order chi connectivity index (χ0) is 12.7. The van der Waals surface area contributed by atoms with Crippen molar-refractivity contribution in [1.82, 2.24) is 20.2 Å². The van der Waals surface area contributed by atoms with E-state index in [0.29, 0.717) is 12.5 Å². The van der Waals surface area contributed by atoms with Crippen LogP contribution in [0.3, 0.4) is 0 Å². The highest BCUT2D eigenvalue weighted by Gasteiger charge is 2.40. The van der Waals surface area contributed by atoms with E-state index in [1.807, 2.05) is 0 Å². The minimum Gasteiger partial charge on any atom is -0.334 e. The van der Waals surface area contributed by atoms with Gasteiger partial charge in [-0.25, -0.2) is 4.79 Å². The molecule has 0 aromatic carbocycles. The van der Waals surface area contributed by atoms with Gasteiger partial charge in [0.25, 0.3) is 11.5 Å². The Morgan fingerprint density at radius 2 is 2.17 bits per heavy atom. The lowest BCUT2D eigenvalue weighted by Crippen LogP contribution is -2.42. The molecule has 2 atom stereocenters. The fraction of sp³-hybridized carbons (Fsp3) is 0.545. The number of nitrogens with one attached hydrogen (secondary N) is 3. The van der Waals surface area contributed by atoms with Crippen molar-refractivity contribution in [2.45, 2.75) is 12.5 Å². The molecule has 3 heterocycles. The highest BCUT2D eigenvalue weighted by molar-refractivity contribution is 5.94. The van der Waals surface area contributed by atoms with E-state index in [1.165, 1.54) is 6.20 Å². The molecule has 2 saturated heterocycles. The van der Waals surface area contributed by atoms with Crippen molar-refractivity contribution in [2.75, 3.05) is 19.6 Å². The number of nitrogens with zero attached hydrogens (tertiary/aromatic N) is 1. The van der Waals surface area contributed by atoms with Crippen molar-refractivity contribution < 1.29 is 4.79 Å². The Kier molecular flexibility index (Phi) is 2.55. The van der Waals surface area contributed by atoms with Crippen molar-refractivity contribution in [1.29, 1.82) is 0 Å². The lowest BCUT2D eigenvalue weighted by Gasteiger charge is -2.22. The van der Waals surface area contributed by atoms with Crippen LogP contribution in [-0.2, 0) is 0 Å². The number of amides is 1. The highest BCUT2D eigenvalue weighted by atomic mass is 16.2. The lowest BCUT2D eigenvalue weighted by atomic mass is 10.1. The second kappa shape index (κ2) is 4.09. The fourth-order valence-corrected chi connectivity index (χ4v) is 2.82. The van der Waals surface area contributed by atoms with Gasteiger partial charge >= 0.3 is 5.69 Å². The maximum atomic E-state index is 12.3. The number of aromatic nitrogens is 2. The molecule has 0 bridgehead atoms. The first-order valence-electron chi connectivity index (χ1n) is 6.00.